The minimum Gasteiger partial charge on any atom is -0.449 e. The normalized spacial score (nSPS) is 15.6. The molecule has 0 aromatic heterocycles. The van der Waals surface area contributed by atoms with E-state index in [-0.39, 0.29) is 5.91 Å². The highest BCUT2D eigenvalue weighted by Gasteiger charge is 2.23. The summed E-state index contributed by atoms with van der Waals surface area (Å²) in [4.78, 5) is 28.7. The van der Waals surface area contributed by atoms with Crippen LogP contribution in [0.4, 0.5) is 5.69 Å². The highest BCUT2D eigenvalue weighted by Crippen LogP contribution is 2.15. The van der Waals surface area contributed by atoms with Gasteiger partial charge in [-0.1, -0.05) is 30.3 Å². The number of amides is 1. The number of hydrogen-bond donors (Lipinski definition) is 0. The third kappa shape index (κ3) is 5.18. The van der Waals surface area contributed by atoms with Crippen molar-refractivity contribution in [3.05, 3.63) is 65.7 Å². The fourth-order valence-corrected chi connectivity index (χ4v) is 3.09. The lowest BCUT2D eigenvalue weighted by Gasteiger charge is -2.26. The Hall–Kier alpha value is -2.70. The molecule has 0 aliphatic carbocycles. The number of anilines is 1. The van der Waals surface area contributed by atoms with E-state index in [4.69, 9.17) is 9.47 Å². The lowest BCUT2D eigenvalue weighted by Crippen LogP contribution is -2.37. The number of para-hydroxylation sites is 1. The predicted molar refractivity (Wildman–Crippen MR) is 107 cm³/mol. The summed E-state index contributed by atoms with van der Waals surface area (Å²) in [6, 6.07) is 16.6. The van der Waals surface area contributed by atoms with Crippen molar-refractivity contribution in [1.82, 2.24) is 4.90 Å². The molecule has 2 aromatic rings. The van der Waals surface area contributed by atoms with Crippen molar-refractivity contribution in [1.29, 1.82) is 0 Å². The van der Waals surface area contributed by atoms with Crippen LogP contribution in [0.2, 0.25) is 0 Å². The molecule has 1 saturated heterocycles. The van der Waals surface area contributed by atoms with E-state index in [2.05, 4.69) is 4.90 Å². The smallest absolute Gasteiger partial charge is 0.338 e. The van der Waals surface area contributed by atoms with Crippen LogP contribution in [-0.4, -0.2) is 56.2 Å². The van der Waals surface area contributed by atoms with Crippen molar-refractivity contribution >= 4 is 17.6 Å². The molecule has 1 amide bonds. The van der Waals surface area contributed by atoms with Crippen LogP contribution in [0.3, 0.4) is 0 Å². The van der Waals surface area contributed by atoms with Gasteiger partial charge in [-0.05, 0) is 36.8 Å². The number of esters is 1. The van der Waals surface area contributed by atoms with Crippen LogP contribution in [0.5, 0.6) is 0 Å². The molecule has 6 heteroatoms. The molecular formula is C22H26N2O4. The van der Waals surface area contributed by atoms with Crippen molar-refractivity contribution in [3.63, 3.8) is 0 Å². The molecule has 0 spiro atoms. The molecule has 0 saturated carbocycles. The summed E-state index contributed by atoms with van der Waals surface area (Å²) in [6.45, 7) is 5.76. The second-order valence-electron chi connectivity index (χ2n) is 6.87. The molecule has 3 rings (SSSR count). The number of morpholine rings is 1. The number of carbonyl (C=O) groups excluding carboxylic acids is 2. The number of hydrogen-bond acceptors (Lipinski definition) is 5. The second kappa shape index (κ2) is 9.48. The maximum absolute atomic E-state index is 12.5. The monoisotopic (exact) mass is 382 g/mol. The SMILES string of the molecule is C[C@@H](OC(=O)c1ccc(CN2CCOCC2)cc1)C(=O)N(C)c1ccccc1. The largest absolute Gasteiger partial charge is 0.449 e. The molecule has 1 aliphatic heterocycles. The lowest BCUT2D eigenvalue weighted by atomic mass is 10.1. The van der Waals surface area contributed by atoms with Gasteiger partial charge in [0, 0.05) is 32.4 Å². The summed E-state index contributed by atoms with van der Waals surface area (Å²) >= 11 is 0. The summed E-state index contributed by atoms with van der Waals surface area (Å²) in [6.07, 6.45) is -0.870. The maximum Gasteiger partial charge on any atom is 0.338 e. The molecule has 1 heterocycles. The number of nitrogens with zero attached hydrogens (tertiary/aromatic N) is 2. The van der Waals surface area contributed by atoms with Gasteiger partial charge in [-0.15, -0.1) is 0 Å². The Morgan fingerprint density at radius 2 is 1.71 bits per heavy atom. The fraction of sp³-hybridized carbons (Fsp3) is 0.364. The van der Waals surface area contributed by atoms with Gasteiger partial charge >= 0.3 is 5.97 Å². The summed E-state index contributed by atoms with van der Waals surface area (Å²) in [5, 5.41) is 0. The number of rotatable bonds is 6. The maximum atomic E-state index is 12.5. The van der Waals surface area contributed by atoms with E-state index in [1.165, 1.54) is 4.90 Å². The zero-order valence-electron chi connectivity index (χ0n) is 16.3. The molecule has 1 atom stereocenters. The quantitative estimate of drug-likeness (QED) is 0.719. The van der Waals surface area contributed by atoms with Crippen molar-refractivity contribution < 1.29 is 19.1 Å². The molecule has 0 bridgehead atoms. The van der Waals surface area contributed by atoms with Gasteiger partial charge in [-0.3, -0.25) is 9.69 Å². The fourth-order valence-electron chi connectivity index (χ4n) is 3.09. The Labute approximate surface area is 165 Å². The molecule has 28 heavy (non-hydrogen) atoms. The average molecular weight is 382 g/mol. The predicted octanol–water partition coefficient (Wildman–Crippen LogP) is 2.73. The summed E-state index contributed by atoms with van der Waals surface area (Å²) in [7, 11) is 1.67. The third-order valence-electron chi connectivity index (χ3n) is 4.81. The molecule has 1 aliphatic rings. The van der Waals surface area contributed by atoms with Crippen LogP contribution in [0.25, 0.3) is 0 Å². The first-order chi connectivity index (χ1) is 13.5. The van der Waals surface area contributed by atoms with Crippen LogP contribution in [0, 0.1) is 0 Å². The van der Waals surface area contributed by atoms with Crippen molar-refractivity contribution in [2.45, 2.75) is 19.6 Å². The first kappa shape index (κ1) is 20.0. The Morgan fingerprint density at radius 1 is 1.07 bits per heavy atom. The van der Waals surface area contributed by atoms with E-state index in [0.717, 1.165) is 44.1 Å². The van der Waals surface area contributed by atoms with E-state index in [0.29, 0.717) is 5.56 Å². The van der Waals surface area contributed by atoms with E-state index in [1.807, 2.05) is 42.5 Å². The molecular weight excluding hydrogens is 356 g/mol. The van der Waals surface area contributed by atoms with E-state index in [9.17, 15) is 9.59 Å². The molecule has 1 fully saturated rings. The number of ether oxygens (including phenoxy) is 2. The minimum atomic E-state index is -0.870. The molecule has 2 aromatic carbocycles. The number of benzene rings is 2. The average Bonchev–Trinajstić information content (AvgIpc) is 2.74. The van der Waals surface area contributed by atoms with E-state index < -0.39 is 12.1 Å². The number of likely N-dealkylation sites (N-methyl/N-ethyl adjacent to an activating group) is 1. The zero-order valence-corrected chi connectivity index (χ0v) is 16.3. The lowest BCUT2D eigenvalue weighted by molar-refractivity contribution is -0.126. The first-order valence-corrected chi connectivity index (χ1v) is 9.47. The first-order valence-electron chi connectivity index (χ1n) is 9.47. The summed E-state index contributed by atoms with van der Waals surface area (Å²) < 4.78 is 10.7. The van der Waals surface area contributed by atoms with Gasteiger partial charge in [-0.25, -0.2) is 4.79 Å². The van der Waals surface area contributed by atoms with Crippen LogP contribution in [0.15, 0.2) is 54.6 Å². The van der Waals surface area contributed by atoms with Gasteiger partial charge in [0.1, 0.15) is 0 Å². The van der Waals surface area contributed by atoms with Gasteiger partial charge in [-0.2, -0.15) is 0 Å². The Balaban J connectivity index is 1.55. The molecule has 148 valence electrons. The van der Waals surface area contributed by atoms with Crippen LogP contribution in [0.1, 0.15) is 22.8 Å². The molecule has 0 radical (unpaired) electrons. The van der Waals surface area contributed by atoms with Crippen LogP contribution in [-0.2, 0) is 20.8 Å². The van der Waals surface area contributed by atoms with Crippen molar-refractivity contribution in [2.75, 3.05) is 38.3 Å². The standard InChI is InChI=1S/C22H26N2O4/c1-17(21(25)23(2)20-6-4-3-5-7-20)28-22(26)19-10-8-18(9-11-19)16-24-12-14-27-15-13-24/h3-11,17H,12-16H2,1-2H3/t17-/m1/s1. The van der Waals surface area contributed by atoms with Gasteiger partial charge in [0.25, 0.3) is 5.91 Å². The highest BCUT2D eigenvalue weighted by molar-refractivity contribution is 5.98. The Morgan fingerprint density at radius 3 is 2.36 bits per heavy atom. The number of carbonyl (C=O) groups is 2. The summed E-state index contributed by atoms with van der Waals surface area (Å²) in [5.74, 6) is -0.774. The van der Waals surface area contributed by atoms with Crippen LogP contribution >= 0.6 is 0 Å². The zero-order chi connectivity index (χ0) is 19.9. The molecule has 6 nitrogen and oxygen atoms in total. The van der Waals surface area contributed by atoms with Gasteiger partial charge in [0.05, 0.1) is 18.8 Å². The van der Waals surface area contributed by atoms with Gasteiger partial charge in [0.15, 0.2) is 6.10 Å². The highest BCUT2D eigenvalue weighted by atomic mass is 16.5. The molecule has 0 unspecified atom stereocenters. The Kier molecular flexibility index (Phi) is 6.79. The van der Waals surface area contributed by atoms with Crippen LogP contribution < -0.4 is 4.90 Å². The van der Waals surface area contributed by atoms with Gasteiger partial charge < -0.3 is 14.4 Å². The van der Waals surface area contributed by atoms with Crippen molar-refractivity contribution in [3.8, 4) is 0 Å². The second-order valence-corrected chi connectivity index (χ2v) is 6.87. The molecule has 0 N–H and O–H groups in total. The third-order valence-corrected chi connectivity index (χ3v) is 4.81. The topological polar surface area (TPSA) is 59.1 Å². The minimum absolute atomic E-state index is 0.275. The summed E-state index contributed by atoms with van der Waals surface area (Å²) in [5.41, 5.74) is 2.32. The van der Waals surface area contributed by atoms with E-state index in [1.54, 1.807) is 26.1 Å². The van der Waals surface area contributed by atoms with E-state index >= 15 is 0 Å². The Bertz CT molecular complexity index is 786. The van der Waals surface area contributed by atoms with Gasteiger partial charge in [0.2, 0.25) is 0 Å². The van der Waals surface area contributed by atoms with Crippen molar-refractivity contribution in [2.24, 2.45) is 0 Å².